The molecular weight excluding hydrogens is 132 g/mol. The van der Waals surface area contributed by atoms with E-state index < -0.39 is 0 Å². The first-order valence-corrected chi connectivity index (χ1v) is 5.33. The number of rotatable bonds is 6. The van der Waals surface area contributed by atoms with Crippen LogP contribution in [0.25, 0.3) is 0 Å². The fourth-order valence-corrected chi connectivity index (χ4v) is 1.62. The summed E-state index contributed by atoms with van der Waals surface area (Å²) in [5.74, 6) is 2.13. The zero-order valence-electron chi connectivity index (χ0n) is 8.10. The molecule has 0 heteroatoms. The molecule has 1 aliphatic rings. The van der Waals surface area contributed by atoms with Crippen LogP contribution in [-0.4, -0.2) is 0 Å². The third kappa shape index (κ3) is 4.44. The van der Waals surface area contributed by atoms with Gasteiger partial charge in [0.25, 0.3) is 0 Å². The maximum atomic E-state index is 2.41. The molecule has 0 saturated heterocycles. The van der Waals surface area contributed by atoms with Gasteiger partial charge in [0.1, 0.15) is 0 Å². The van der Waals surface area contributed by atoms with Crippen molar-refractivity contribution in [1.82, 2.24) is 0 Å². The second-order valence-corrected chi connectivity index (χ2v) is 4.27. The fraction of sp³-hybridized carbons (Fsp3) is 1.00. The van der Waals surface area contributed by atoms with Crippen LogP contribution in [0.3, 0.4) is 0 Å². The van der Waals surface area contributed by atoms with Crippen molar-refractivity contribution in [3.05, 3.63) is 0 Å². The van der Waals surface area contributed by atoms with Crippen LogP contribution in [0.4, 0.5) is 0 Å². The molecule has 0 spiro atoms. The lowest BCUT2D eigenvalue weighted by atomic mass is 9.98. The number of hydrogen-bond donors (Lipinski definition) is 0. The van der Waals surface area contributed by atoms with Gasteiger partial charge >= 0.3 is 0 Å². The van der Waals surface area contributed by atoms with E-state index in [1.807, 2.05) is 0 Å². The Kier molecular flexibility index (Phi) is 3.96. The molecule has 1 atom stereocenters. The Labute approximate surface area is 71.4 Å². The van der Waals surface area contributed by atoms with Crippen molar-refractivity contribution in [2.45, 2.75) is 58.8 Å². The third-order valence-corrected chi connectivity index (χ3v) is 2.82. The van der Waals surface area contributed by atoms with Gasteiger partial charge in [-0.15, -0.1) is 0 Å². The van der Waals surface area contributed by atoms with Crippen LogP contribution in [0, 0.1) is 11.8 Å². The summed E-state index contributed by atoms with van der Waals surface area (Å²) in [5, 5.41) is 0. The highest BCUT2D eigenvalue weighted by atomic mass is 14.3. The smallest absolute Gasteiger partial charge is 0.0414 e. The molecule has 1 unspecified atom stereocenters. The average molecular weight is 154 g/mol. The summed E-state index contributed by atoms with van der Waals surface area (Å²) in [4.78, 5) is 0. The summed E-state index contributed by atoms with van der Waals surface area (Å²) in [5.41, 5.74) is 0. The van der Waals surface area contributed by atoms with Gasteiger partial charge in [0.05, 0.1) is 0 Å². The fourth-order valence-electron chi connectivity index (χ4n) is 1.62. The Balaban J connectivity index is 1.87. The first-order chi connectivity index (χ1) is 5.33. The number of unbranched alkanes of at least 4 members (excludes halogenated alkanes) is 1. The van der Waals surface area contributed by atoms with Gasteiger partial charge in [-0.05, 0) is 11.8 Å². The van der Waals surface area contributed by atoms with Crippen molar-refractivity contribution >= 4 is 0 Å². The van der Waals surface area contributed by atoms with Crippen molar-refractivity contribution < 1.29 is 0 Å². The van der Waals surface area contributed by atoms with Gasteiger partial charge in [-0.25, -0.2) is 0 Å². The van der Waals surface area contributed by atoms with E-state index in [2.05, 4.69) is 13.8 Å². The van der Waals surface area contributed by atoms with Crippen LogP contribution in [0.15, 0.2) is 0 Å². The van der Waals surface area contributed by atoms with Gasteiger partial charge in [-0.3, -0.25) is 0 Å². The summed E-state index contributed by atoms with van der Waals surface area (Å²) in [6.45, 7) is 4.70. The minimum absolute atomic E-state index is 0.996. The van der Waals surface area contributed by atoms with Crippen molar-refractivity contribution in [3.8, 4) is 0 Å². The van der Waals surface area contributed by atoms with Gasteiger partial charge in [-0.2, -0.15) is 0 Å². The molecule has 0 aliphatic heterocycles. The molecule has 1 aliphatic carbocycles. The van der Waals surface area contributed by atoms with E-state index in [1.165, 1.54) is 44.9 Å². The SMILES string of the molecule is CCCCC(C)CCC1CC1. The lowest BCUT2D eigenvalue weighted by Crippen LogP contribution is -1.94. The van der Waals surface area contributed by atoms with Crippen molar-refractivity contribution in [2.75, 3.05) is 0 Å². The quantitative estimate of drug-likeness (QED) is 0.542. The molecule has 0 aromatic carbocycles. The first-order valence-electron chi connectivity index (χ1n) is 5.33. The lowest BCUT2D eigenvalue weighted by Gasteiger charge is -2.08. The topological polar surface area (TPSA) is 0 Å². The van der Waals surface area contributed by atoms with Crippen molar-refractivity contribution in [3.63, 3.8) is 0 Å². The van der Waals surface area contributed by atoms with E-state index in [9.17, 15) is 0 Å². The summed E-state index contributed by atoms with van der Waals surface area (Å²) in [6, 6.07) is 0. The highest BCUT2D eigenvalue weighted by Gasteiger charge is 2.21. The predicted molar refractivity (Wildman–Crippen MR) is 50.6 cm³/mol. The molecule has 0 bridgehead atoms. The van der Waals surface area contributed by atoms with Crippen LogP contribution in [0.2, 0.25) is 0 Å². The second kappa shape index (κ2) is 4.79. The standard InChI is InChI=1S/C11H22/c1-3-4-5-10(2)6-7-11-8-9-11/h10-11H,3-9H2,1-2H3. The van der Waals surface area contributed by atoms with Crippen LogP contribution >= 0.6 is 0 Å². The van der Waals surface area contributed by atoms with Gasteiger partial charge < -0.3 is 0 Å². The molecule has 1 saturated carbocycles. The molecule has 1 fully saturated rings. The average Bonchev–Trinajstić information content (AvgIpc) is 2.80. The van der Waals surface area contributed by atoms with E-state index in [1.54, 1.807) is 0 Å². The van der Waals surface area contributed by atoms with Crippen LogP contribution in [0.5, 0.6) is 0 Å². The normalized spacial score (nSPS) is 20.2. The zero-order valence-corrected chi connectivity index (χ0v) is 8.10. The summed E-state index contributed by atoms with van der Waals surface area (Å²) < 4.78 is 0. The van der Waals surface area contributed by atoms with Crippen molar-refractivity contribution in [2.24, 2.45) is 11.8 Å². The van der Waals surface area contributed by atoms with Gasteiger partial charge in [0.2, 0.25) is 0 Å². The first kappa shape index (κ1) is 9.09. The Morgan fingerprint density at radius 1 is 1.27 bits per heavy atom. The maximum absolute atomic E-state index is 2.41. The highest BCUT2D eigenvalue weighted by molar-refractivity contribution is 4.73. The van der Waals surface area contributed by atoms with Gasteiger partial charge in [0.15, 0.2) is 0 Å². The minimum Gasteiger partial charge on any atom is -0.0654 e. The Morgan fingerprint density at radius 2 is 2.00 bits per heavy atom. The molecule has 0 N–H and O–H groups in total. The molecule has 0 amide bonds. The van der Waals surface area contributed by atoms with Crippen LogP contribution in [-0.2, 0) is 0 Å². The molecule has 66 valence electrons. The zero-order chi connectivity index (χ0) is 8.10. The molecule has 0 nitrogen and oxygen atoms in total. The molecule has 0 radical (unpaired) electrons. The molecule has 11 heavy (non-hydrogen) atoms. The summed E-state index contributed by atoms with van der Waals surface area (Å²) in [7, 11) is 0. The molecule has 0 aromatic rings. The monoisotopic (exact) mass is 154 g/mol. The lowest BCUT2D eigenvalue weighted by molar-refractivity contribution is 0.443. The Hall–Kier alpha value is 0. The highest BCUT2D eigenvalue weighted by Crippen LogP contribution is 2.35. The second-order valence-electron chi connectivity index (χ2n) is 4.27. The molecule has 1 rings (SSSR count). The molecule has 0 heterocycles. The van der Waals surface area contributed by atoms with E-state index in [-0.39, 0.29) is 0 Å². The largest absolute Gasteiger partial charge is 0.0654 e. The summed E-state index contributed by atoms with van der Waals surface area (Å²) >= 11 is 0. The van der Waals surface area contributed by atoms with E-state index in [0.717, 1.165) is 11.8 Å². The predicted octanol–water partition coefficient (Wildman–Crippen LogP) is 4.00. The minimum atomic E-state index is 0.996. The maximum Gasteiger partial charge on any atom is -0.0414 e. The molecule has 0 aromatic heterocycles. The van der Waals surface area contributed by atoms with Gasteiger partial charge in [-0.1, -0.05) is 58.8 Å². The number of hydrogen-bond acceptors (Lipinski definition) is 0. The van der Waals surface area contributed by atoms with E-state index >= 15 is 0 Å². The van der Waals surface area contributed by atoms with E-state index in [4.69, 9.17) is 0 Å². The Bertz CT molecular complexity index is 92.2. The third-order valence-electron chi connectivity index (χ3n) is 2.82. The Morgan fingerprint density at radius 3 is 2.55 bits per heavy atom. The van der Waals surface area contributed by atoms with Crippen LogP contribution in [0.1, 0.15) is 58.8 Å². The van der Waals surface area contributed by atoms with Crippen molar-refractivity contribution in [1.29, 1.82) is 0 Å². The molecular formula is C11H22. The van der Waals surface area contributed by atoms with E-state index in [0.29, 0.717) is 0 Å². The van der Waals surface area contributed by atoms with Crippen LogP contribution < -0.4 is 0 Å². The summed E-state index contributed by atoms with van der Waals surface area (Å²) in [6.07, 6.45) is 10.3. The van der Waals surface area contributed by atoms with Gasteiger partial charge in [0, 0.05) is 0 Å².